The molecule has 2 rings (SSSR count). The van der Waals surface area contributed by atoms with Gasteiger partial charge >= 0.3 is 6.03 Å². The highest BCUT2D eigenvalue weighted by molar-refractivity contribution is 7.99. The first-order valence-electron chi connectivity index (χ1n) is 6.94. The Kier molecular flexibility index (Phi) is 6.61. The van der Waals surface area contributed by atoms with Crippen molar-refractivity contribution in [1.82, 2.24) is 15.6 Å². The van der Waals surface area contributed by atoms with Crippen LogP contribution in [0.3, 0.4) is 0 Å². The second-order valence-corrected chi connectivity index (χ2v) is 5.58. The van der Waals surface area contributed by atoms with Gasteiger partial charge in [0.05, 0.1) is 0 Å². The van der Waals surface area contributed by atoms with Crippen molar-refractivity contribution in [2.75, 3.05) is 18.8 Å². The van der Waals surface area contributed by atoms with Gasteiger partial charge in [-0.2, -0.15) is 0 Å². The quantitative estimate of drug-likeness (QED) is 0.611. The van der Waals surface area contributed by atoms with Crippen LogP contribution >= 0.6 is 11.8 Å². The summed E-state index contributed by atoms with van der Waals surface area (Å²) in [6.07, 6.45) is 2.50. The monoisotopic (exact) mass is 301 g/mol. The SMILES string of the molecule is O=C(NCCSc1ccccc1)NCCc1ccccn1. The number of hydrogen-bond acceptors (Lipinski definition) is 3. The first-order chi connectivity index (χ1) is 10.3. The zero-order valence-corrected chi connectivity index (χ0v) is 12.6. The van der Waals surface area contributed by atoms with Crippen molar-refractivity contribution >= 4 is 17.8 Å². The molecule has 0 aliphatic heterocycles. The summed E-state index contributed by atoms with van der Waals surface area (Å²) in [6.45, 7) is 1.24. The van der Waals surface area contributed by atoms with E-state index in [-0.39, 0.29) is 6.03 Å². The Morgan fingerprint density at radius 3 is 2.52 bits per heavy atom. The zero-order valence-electron chi connectivity index (χ0n) is 11.8. The van der Waals surface area contributed by atoms with Crippen molar-refractivity contribution in [3.8, 4) is 0 Å². The van der Waals surface area contributed by atoms with Gasteiger partial charge in [0.25, 0.3) is 0 Å². The third-order valence-corrected chi connectivity index (χ3v) is 3.81. The summed E-state index contributed by atoms with van der Waals surface area (Å²) in [5.41, 5.74) is 0.984. The standard InChI is InChI=1S/C16H19N3OS/c20-16(18-11-9-14-6-4-5-10-17-14)19-12-13-21-15-7-2-1-3-8-15/h1-8,10H,9,11-13H2,(H2,18,19,20). The van der Waals surface area contributed by atoms with Crippen molar-refractivity contribution in [2.45, 2.75) is 11.3 Å². The van der Waals surface area contributed by atoms with Crippen LogP contribution in [0.25, 0.3) is 0 Å². The lowest BCUT2D eigenvalue weighted by Crippen LogP contribution is -2.37. The maximum absolute atomic E-state index is 11.6. The first-order valence-corrected chi connectivity index (χ1v) is 7.92. The van der Waals surface area contributed by atoms with Gasteiger partial charge in [-0.3, -0.25) is 4.98 Å². The number of nitrogens with zero attached hydrogens (tertiary/aromatic N) is 1. The van der Waals surface area contributed by atoms with E-state index in [0.29, 0.717) is 13.1 Å². The lowest BCUT2D eigenvalue weighted by atomic mass is 10.3. The van der Waals surface area contributed by atoms with Crippen molar-refractivity contribution in [3.05, 3.63) is 60.4 Å². The van der Waals surface area contributed by atoms with Crippen LogP contribution in [0, 0.1) is 0 Å². The van der Waals surface area contributed by atoms with Crippen molar-refractivity contribution in [3.63, 3.8) is 0 Å². The molecule has 1 aromatic heterocycles. The highest BCUT2D eigenvalue weighted by Crippen LogP contribution is 2.15. The molecule has 2 amide bonds. The van der Waals surface area contributed by atoms with E-state index < -0.39 is 0 Å². The van der Waals surface area contributed by atoms with E-state index in [0.717, 1.165) is 17.9 Å². The summed E-state index contributed by atoms with van der Waals surface area (Å²) in [5.74, 6) is 0.859. The molecule has 1 aromatic carbocycles. The summed E-state index contributed by atoms with van der Waals surface area (Å²) in [7, 11) is 0. The van der Waals surface area contributed by atoms with Crippen molar-refractivity contribution in [2.24, 2.45) is 0 Å². The minimum absolute atomic E-state index is 0.125. The number of aromatic nitrogens is 1. The van der Waals surface area contributed by atoms with Crippen molar-refractivity contribution in [1.29, 1.82) is 0 Å². The molecular weight excluding hydrogens is 282 g/mol. The molecule has 0 saturated heterocycles. The maximum atomic E-state index is 11.6. The third-order valence-electron chi connectivity index (χ3n) is 2.79. The van der Waals surface area contributed by atoms with E-state index >= 15 is 0 Å². The second-order valence-electron chi connectivity index (χ2n) is 4.42. The molecule has 21 heavy (non-hydrogen) atoms. The first kappa shape index (κ1) is 15.4. The molecule has 0 aliphatic carbocycles. The summed E-state index contributed by atoms with van der Waals surface area (Å²) >= 11 is 1.73. The number of urea groups is 1. The van der Waals surface area contributed by atoms with Crippen LogP contribution in [0.1, 0.15) is 5.69 Å². The fourth-order valence-corrected chi connectivity index (χ4v) is 2.55. The molecule has 2 aromatic rings. The van der Waals surface area contributed by atoms with E-state index in [1.807, 2.05) is 36.4 Å². The van der Waals surface area contributed by atoms with Crippen LogP contribution in [0.15, 0.2) is 59.6 Å². The Balaban J connectivity index is 1.54. The molecular formula is C16H19N3OS. The van der Waals surface area contributed by atoms with Gasteiger partial charge in [0.15, 0.2) is 0 Å². The number of nitrogens with one attached hydrogen (secondary N) is 2. The molecule has 1 heterocycles. The Labute approximate surface area is 129 Å². The molecule has 0 fully saturated rings. The van der Waals surface area contributed by atoms with E-state index in [9.17, 15) is 4.79 Å². The number of amides is 2. The molecule has 0 aliphatic rings. The van der Waals surface area contributed by atoms with Gasteiger partial charge < -0.3 is 10.6 Å². The van der Waals surface area contributed by atoms with Crippen LogP contribution in [-0.2, 0) is 6.42 Å². The Morgan fingerprint density at radius 2 is 1.76 bits per heavy atom. The topological polar surface area (TPSA) is 54.0 Å². The molecule has 2 N–H and O–H groups in total. The number of rotatable bonds is 7. The van der Waals surface area contributed by atoms with E-state index in [1.54, 1.807) is 18.0 Å². The number of carbonyl (C=O) groups is 1. The molecule has 0 bridgehead atoms. The number of thioether (sulfide) groups is 1. The minimum Gasteiger partial charge on any atom is -0.338 e. The van der Waals surface area contributed by atoms with Gasteiger partial charge in [-0.05, 0) is 24.3 Å². The number of carbonyl (C=O) groups excluding carboxylic acids is 1. The maximum Gasteiger partial charge on any atom is 0.314 e. The van der Waals surface area contributed by atoms with Crippen LogP contribution in [0.4, 0.5) is 4.79 Å². The average Bonchev–Trinajstić information content (AvgIpc) is 2.54. The summed E-state index contributed by atoms with van der Waals surface area (Å²) in [5, 5.41) is 5.68. The molecule has 0 unspecified atom stereocenters. The van der Waals surface area contributed by atoms with Gasteiger partial charge in [-0.15, -0.1) is 11.8 Å². The van der Waals surface area contributed by atoms with Crippen LogP contribution in [-0.4, -0.2) is 29.9 Å². The van der Waals surface area contributed by atoms with E-state index in [2.05, 4.69) is 27.8 Å². The fourth-order valence-electron chi connectivity index (χ4n) is 1.76. The van der Waals surface area contributed by atoms with Gasteiger partial charge in [0.2, 0.25) is 0 Å². The highest BCUT2D eigenvalue weighted by Gasteiger charge is 2.00. The molecule has 0 spiro atoms. The highest BCUT2D eigenvalue weighted by atomic mass is 32.2. The molecule has 0 radical (unpaired) electrons. The lowest BCUT2D eigenvalue weighted by Gasteiger charge is -2.07. The van der Waals surface area contributed by atoms with Crippen LogP contribution in [0.2, 0.25) is 0 Å². The van der Waals surface area contributed by atoms with Crippen LogP contribution in [0.5, 0.6) is 0 Å². The predicted molar refractivity (Wildman–Crippen MR) is 86.5 cm³/mol. The Bertz CT molecular complexity index is 534. The lowest BCUT2D eigenvalue weighted by molar-refractivity contribution is 0.241. The predicted octanol–water partition coefficient (Wildman–Crippen LogP) is 2.72. The Hall–Kier alpha value is -2.01. The van der Waals surface area contributed by atoms with E-state index in [1.165, 1.54) is 4.90 Å². The fraction of sp³-hybridized carbons (Fsp3) is 0.250. The number of benzene rings is 1. The molecule has 4 nitrogen and oxygen atoms in total. The van der Waals surface area contributed by atoms with Gasteiger partial charge in [-0.25, -0.2) is 4.79 Å². The number of hydrogen-bond donors (Lipinski definition) is 2. The summed E-state index contributed by atoms with van der Waals surface area (Å²) in [6, 6.07) is 15.8. The normalized spacial score (nSPS) is 10.1. The molecule has 110 valence electrons. The summed E-state index contributed by atoms with van der Waals surface area (Å²) < 4.78 is 0. The minimum atomic E-state index is -0.125. The third kappa shape index (κ3) is 6.31. The second kappa shape index (κ2) is 9.02. The zero-order chi connectivity index (χ0) is 14.8. The average molecular weight is 301 g/mol. The van der Waals surface area contributed by atoms with Gasteiger partial charge in [-0.1, -0.05) is 24.3 Å². The van der Waals surface area contributed by atoms with Gasteiger partial charge in [0, 0.05) is 42.0 Å². The molecule has 0 atom stereocenters. The molecule has 0 saturated carbocycles. The van der Waals surface area contributed by atoms with Crippen molar-refractivity contribution < 1.29 is 4.79 Å². The van der Waals surface area contributed by atoms with E-state index in [4.69, 9.17) is 0 Å². The van der Waals surface area contributed by atoms with Crippen LogP contribution < -0.4 is 10.6 Å². The summed E-state index contributed by atoms with van der Waals surface area (Å²) in [4.78, 5) is 17.0. The largest absolute Gasteiger partial charge is 0.338 e. The smallest absolute Gasteiger partial charge is 0.314 e. The number of pyridine rings is 1. The van der Waals surface area contributed by atoms with Gasteiger partial charge in [0.1, 0.15) is 0 Å². The Morgan fingerprint density at radius 1 is 1.00 bits per heavy atom. The molecule has 5 heteroatoms.